The molecule has 0 aliphatic heterocycles. The van der Waals surface area contributed by atoms with Gasteiger partial charge in [0.1, 0.15) is 0 Å². The van der Waals surface area contributed by atoms with E-state index in [9.17, 15) is 0 Å². The van der Waals surface area contributed by atoms with E-state index in [1.54, 1.807) is 0 Å². The number of rotatable bonds is 7. The summed E-state index contributed by atoms with van der Waals surface area (Å²) < 4.78 is 0. The standard InChI is InChI=1S/C26H28N2/c1-22(25-18-12-16-24-15-8-9-17-26(24)25)27-19-10-3-4-11-20-28(2)21-23-13-6-5-7-14-23/h3,5-10,12-18,22,27H,19-21H2,1-2H3/b10-3+/t22-/m1/s1. The second kappa shape index (κ2) is 10.5. The highest BCUT2D eigenvalue weighted by Gasteiger charge is 2.07. The number of hydrogen-bond acceptors (Lipinski definition) is 2. The summed E-state index contributed by atoms with van der Waals surface area (Å²) in [4.78, 5) is 2.22. The largest absolute Gasteiger partial charge is 0.307 e. The van der Waals surface area contributed by atoms with Crippen molar-refractivity contribution < 1.29 is 0 Å². The van der Waals surface area contributed by atoms with E-state index in [2.05, 4.69) is 109 Å². The van der Waals surface area contributed by atoms with Crippen LogP contribution in [-0.4, -0.2) is 25.0 Å². The summed E-state index contributed by atoms with van der Waals surface area (Å²) in [6.45, 7) is 4.70. The lowest BCUT2D eigenvalue weighted by Crippen LogP contribution is -2.18. The summed E-state index contributed by atoms with van der Waals surface area (Å²) in [5.41, 5.74) is 2.65. The zero-order chi connectivity index (χ0) is 19.6. The van der Waals surface area contributed by atoms with Crippen LogP contribution in [0, 0.1) is 11.8 Å². The number of nitrogens with zero attached hydrogens (tertiary/aromatic N) is 1. The molecule has 0 amide bonds. The Kier molecular flexibility index (Phi) is 7.44. The molecule has 0 unspecified atom stereocenters. The van der Waals surface area contributed by atoms with E-state index in [4.69, 9.17) is 0 Å². The van der Waals surface area contributed by atoms with Crippen LogP contribution in [0.3, 0.4) is 0 Å². The summed E-state index contributed by atoms with van der Waals surface area (Å²) in [6.07, 6.45) is 4.03. The fourth-order valence-electron chi connectivity index (χ4n) is 3.29. The van der Waals surface area contributed by atoms with E-state index in [1.807, 2.05) is 12.1 Å². The fraction of sp³-hybridized carbons (Fsp3) is 0.231. The summed E-state index contributed by atoms with van der Waals surface area (Å²) in [6, 6.07) is 25.8. The van der Waals surface area contributed by atoms with E-state index < -0.39 is 0 Å². The van der Waals surface area contributed by atoms with Crippen molar-refractivity contribution in [2.45, 2.75) is 19.5 Å². The first-order valence-electron chi connectivity index (χ1n) is 9.81. The molecule has 2 nitrogen and oxygen atoms in total. The first-order chi connectivity index (χ1) is 13.7. The monoisotopic (exact) mass is 368 g/mol. The molecule has 3 rings (SSSR count). The smallest absolute Gasteiger partial charge is 0.0605 e. The van der Waals surface area contributed by atoms with Crippen LogP contribution in [0.15, 0.2) is 84.9 Å². The molecule has 0 radical (unpaired) electrons. The van der Waals surface area contributed by atoms with E-state index in [-0.39, 0.29) is 0 Å². The van der Waals surface area contributed by atoms with Gasteiger partial charge in [-0.25, -0.2) is 0 Å². The van der Waals surface area contributed by atoms with E-state index >= 15 is 0 Å². The first-order valence-corrected chi connectivity index (χ1v) is 9.81. The number of benzene rings is 3. The zero-order valence-electron chi connectivity index (χ0n) is 16.7. The molecule has 3 aromatic carbocycles. The number of nitrogens with one attached hydrogen (secondary N) is 1. The lowest BCUT2D eigenvalue weighted by Gasteiger charge is -2.15. The van der Waals surface area contributed by atoms with E-state index in [1.165, 1.54) is 21.9 Å². The molecule has 2 heteroatoms. The Balaban J connectivity index is 1.43. The Hall–Kier alpha value is -2.86. The summed E-state index contributed by atoms with van der Waals surface area (Å²) in [5.74, 6) is 6.34. The Labute approximate surface area is 168 Å². The van der Waals surface area contributed by atoms with Crippen LogP contribution >= 0.6 is 0 Å². The van der Waals surface area contributed by atoms with Crippen molar-refractivity contribution in [3.8, 4) is 11.8 Å². The van der Waals surface area contributed by atoms with Crippen molar-refractivity contribution in [3.63, 3.8) is 0 Å². The molecule has 0 bridgehead atoms. The number of hydrogen-bond donors (Lipinski definition) is 1. The predicted molar refractivity (Wildman–Crippen MR) is 120 cm³/mol. The predicted octanol–water partition coefficient (Wildman–Crippen LogP) is 5.18. The minimum Gasteiger partial charge on any atom is -0.307 e. The Bertz CT molecular complexity index is 958. The maximum absolute atomic E-state index is 3.56. The quantitative estimate of drug-likeness (QED) is 0.578. The van der Waals surface area contributed by atoms with Gasteiger partial charge >= 0.3 is 0 Å². The highest BCUT2D eigenvalue weighted by atomic mass is 15.1. The molecule has 0 fully saturated rings. The average Bonchev–Trinajstić information content (AvgIpc) is 2.73. The van der Waals surface area contributed by atoms with Crippen molar-refractivity contribution in [2.75, 3.05) is 20.1 Å². The number of fused-ring (bicyclic) bond motifs is 1. The van der Waals surface area contributed by atoms with Gasteiger partial charge in [0.25, 0.3) is 0 Å². The fourth-order valence-corrected chi connectivity index (χ4v) is 3.29. The molecular formula is C26H28N2. The van der Waals surface area contributed by atoms with Crippen molar-refractivity contribution in [2.24, 2.45) is 0 Å². The molecule has 0 saturated carbocycles. The Morgan fingerprint density at radius 1 is 0.964 bits per heavy atom. The lowest BCUT2D eigenvalue weighted by molar-refractivity contribution is 0.369. The molecular weight excluding hydrogens is 340 g/mol. The van der Waals surface area contributed by atoms with Crippen LogP contribution in [0.4, 0.5) is 0 Å². The van der Waals surface area contributed by atoms with E-state index in [0.717, 1.165) is 19.6 Å². The normalized spacial score (nSPS) is 12.2. The van der Waals surface area contributed by atoms with Crippen LogP contribution in [0.5, 0.6) is 0 Å². The molecule has 28 heavy (non-hydrogen) atoms. The van der Waals surface area contributed by atoms with Gasteiger partial charge in [-0.2, -0.15) is 0 Å². The molecule has 0 aliphatic rings. The van der Waals surface area contributed by atoms with Gasteiger partial charge in [-0.1, -0.05) is 90.7 Å². The maximum Gasteiger partial charge on any atom is 0.0605 e. The Morgan fingerprint density at radius 2 is 1.71 bits per heavy atom. The second-order valence-electron chi connectivity index (χ2n) is 7.08. The van der Waals surface area contributed by atoms with Crippen molar-refractivity contribution in [3.05, 3.63) is 96.1 Å². The van der Waals surface area contributed by atoms with Gasteiger partial charge < -0.3 is 5.32 Å². The van der Waals surface area contributed by atoms with Crippen molar-refractivity contribution >= 4 is 10.8 Å². The van der Waals surface area contributed by atoms with Gasteiger partial charge in [-0.05, 0) is 41.9 Å². The molecule has 0 saturated heterocycles. The maximum atomic E-state index is 3.56. The van der Waals surface area contributed by atoms with Gasteiger partial charge in [0.15, 0.2) is 0 Å². The summed E-state index contributed by atoms with van der Waals surface area (Å²) in [5, 5.41) is 6.16. The van der Waals surface area contributed by atoms with Gasteiger partial charge in [0.2, 0.25) is 0 Å². The summed E-state index contributed by atoms with van der Waals surface area (Å²) >= 11 is 0. The van der Waals surface area contributed by atoms with Crippen molar-refractivity contribution in [1.82, 2.24) is 10.2 Å². The molecule has 1 N–H and O–H groups in total. The highest BCUT2D eigenvalue weighted by molar-refractivity contribution is 5.86. The second-order valence-corrected chi connectivity index (χ2v) is 7.08. The van der Waals surface area contributed by atoms with Crippen LogP contribution in [0.1, 0.15) is 24.1 Å². The SMILES string of the molecule is C[C@@H](NC/C=C/C#CCN(C)Cc1ccccc1)c1cccc2ccccc12. The van der Waals surface area contributed by atoms with Gasteiger partial charge in [0, 0.05) is 19.1 Å². The third kappa shape index (κ3) is 5.82. The summed E-state index contributed by atoms with van der Waals surface area (Å²) in [7, 11) is 2.10. The molecule has 0 aromatic heterocycles. The number of allylic oxidation sites excluding steroid dienone is 1. The van der Waals surface area contributed by atoms with Gasteiger partial charge in [-0.3, -0.25) is 4.90 Å². The topological polar surface area (TPSA) is 15.3 Å². The first kappa shape index (κ1) is 19.9. The molecule has 3 aromatic rings. The zero-order valence-corrected chi connectivity index (χ0v) is 16.7. The highest BCUT2D eigenvalue weighted by Crippen LogP contribution is 2.23. The van der Waals surface area contributed by atoms with Crippen LogP contribution in [-0.2, 0) is 6.54 Å². The van der Waals surface area contributed by atoms with Crippen LogP contribution in [0.2, 0.25) is 0 Å². The molecule has 0 aliphatic carbocycles. The van der Waals surface area contributed by atoms with Crippen LogP contribution in [0.25, 0.3) is 10.8 Å². The van der Waals surface area contributed by atoms with Crippen LogP contribution < -0.4 is 5.32 Å². The molecule has 142 valence electrons. The molecule has 0 heterocycles. The Morgan fingerprint density at radius 3 is 2.57 bits per heavy atom. The average molecular weight is 369 g/mol. The van der Waals surface area contributed by atoms with E-state index in [0.29, 0.717) is 6.04 Å². The van der Waals surface area contributed by atoms with Crippen molar-refractivity contribution in [1.29, 1.82) is 0 Å². The van der Waals surface area contributed by atoms with Gasteiger partial charge in [0.05, 0.1) is 6.54 Å². The third-order valence-corrected chi connectivity index (χ3v) is 4.78. The molecule has 1 atom stereocenters. The van der Waals surface area contributed by atoms with Gasteiger partial charge in [-0.15, -0.1) is 0 Å². The third-order valence-electron chi connectivity index (χ3n) is 4.78. The lowest BCUT2D eigenvalue weighted by atomic mass is 10.00. The minimum atomic E-state index is 0.292. The molecule has 0 spiro atoms. The minimum absolute atomic E-state index is 0.292.